The summed E-state index contributed by atoms with van der Waals surface area (Å²) in [5.41, 5.74) is 2.12. The molecule has 0 unspecified atom stereocenters. The third-order valence-electron chi connectivity index (χ3n) is 6.24. The van der Waals surface area contributed by atoms with Crippen molar-refractivity contribution in [2.45, 2.75) is 51.9 Å². The van der Waals surface area contributed by atoms with Gasteiger partial charge in [-0.2, -0.15) is 0 Å². The number of benzene rings is 1. The summed E-state index contributed by atoms with van der Waals surface area (Å²) >= 11 is 6.15. The number of amides is 1. The maximum atomic E-state index is 12.6. The van der Waals surface area contributed by atoms with Gasteiger partial charge in [0.05, 0.1) is 0 Å². The minimum absolute atomic E-state index is 0.173. The molecule has 0 aromatic heterocycles. The Labute approximate surface area is 137 Å². The van der Waals surface area contributed by atoms with E-state index in [9.17, 15) is 4.79 Å². The zero-order valence-electron chi connectivity index (χ0n) is 13.2. The first-order valence-electron chi connectivity index (χ1n) is 8.58. The minimum atomic E-state index is 0.173. The van der Waals surface area contributed by atoms with E-state index in [1.807, 2.05) is 25.1 Å². The molecular weight excluding hydrogens is 294 g/mol. The molecule has 1 aromatic rings. The molecule has 2 nitrogen and oxygen atoms in total. The zero-order chi connectivity index (χ0) is 15.3. The number of hydrogen-bond donors (Lipinski definition) is 1. The highest BCUT2D eigenvalue weighted by atomic mass is 35.5. The second kappa shape index (κ2) is 5.26. The molecule has 4 bridgehead atoms. The van der Waals surface area contributed by atoms with Crippen LogP contribution in [0, 0.1) is 30.1 Å². The highest BCUT2D eigenvalue weighted by Gasteiger charge is 2.51. The van der Waals surface area contributed by atoms with E-state index in [-0.39, 0.29) is 5.91 Å². The zero-order valence-corrected chi connectivity index (χ0v) is 14.0. The molecule has 1 aromatic carbocycles. The highest BCUT2D eigenvalue weighted by Crippen LogP contribution is 2.61. The highest BCUT2D eigenvalue weighted by molar-refractivity contribution is 6.31. The summed E-state index contributed by atoms with van der Waals surface area (Å²) in [5, 5.41) is 3.82. The topological polar surface area (TPSA) is 29.1 Å². The molecule has 0 radical (unpaired) electrons. The quantitative estimate of drug-likeness (QED) is 0.816. The largest absolute Gasteiger partial charge is 0.326 e. The molecule has 1 amide bonds. The fourth-order valence-corrected chi connectivity index (χ4v) is 5.96. The lowest BCUT2D eigenvalue weighted by atomic mass is 9.49. The second-order valence-electron chi connectivity index (χ2n) is 8.05. The number of halogens is 1. The first kappa shape index (κ1) is 14.6. The van der Waals surface area contributed by atoms with Gasteiger partial charge in [-0.25, -0.2) is 0 Å². The van der Waals surface area contributed by atoms with E-state index in [0.717, 1.165) is 29.0 Å². The Hall–Kier alpha value is -1.02. The molecule has 0 spiro atoms. The molecule has 4 aliphatic carbocycles. The monoisotopic (exact) mass is 317 g/mol. The van der Waals surface area contributed by atoms with Crippen molar-refractivity contribution in [3.8, 4) is 0 Å². The molecule has 1 N–H and O–H groups in total. The molecule has 4 fully saturated rings. The number of nitrogens with one attached hydrogen (secondary N) is 1. The van der Waals surface area contributed by atoms with Gasteiger partial charge in [-0.05, 0) is 86.3 Å². The molecule has 22 heavy (non-hydrogen) atoms. The third-order valence-corrected chi connectivity index (χ3v) is 6.65. The normalized spacial score (nSPS) is 35.6. The van der Waals surface area contributed by atoms with Crippen LogP contribution in [0.25, 0.3) is 0 Å². The van der Waals surface area contributed by atoms with Gasteiger partial charge in [-0.3, -0.25) is 4.79 Å². The molecule has 0 heterocycles. The van der Waals surface area contributed by atoms with Crippen LogP contribution in [0.5, 0.6) is 0 Å². The van der Waals surface area contributed by atoms with Crippen LogP contribution in [0.4, 0.5) is 5.69 Å². The Morgan fingerprint density at radius 2 is 1.77 bits per heavy atom. The van der Waals surface area contributed by atoms with Crippen LogP contribution in [0.1, 0.15) is 50.5 Å². The first-order chi connectivity index (χ1) is 10.5. The fourth-order valence-electron chi connectivity index (χ4n) is 5.78. The lowest BCUT2D eigenvalue weighted by molar-refractivity contribution is -0.124. The lowest BCUT2D eigenvalue weighted by Crippen LogP contribution is -2.47. The Kier molecular flexibility index (Phi) is 3.48. The Morgan fingerprint density at radius 1 is 1.18 bits per heavy atom. The van der Waals surface area contributed by atoms with Crippen molar-refractivity contribution in [3.05, 3.63) is 28.8 Å². The summed E-state index contributed by atoms with van der Waals surface area (Å²) in [7, 11) is 0. The van der Waals surface area contributed by atoms with Gasteiger partial charge in [0.1, 0.15) is 0 Å². The van der Waals surface area contributed by atoms with Crippen LogP contribution in [-0.4, -0.2) is 5.91 Å². The van der Waals surface area contributed by atoms with Gasteiger partial charge < -0.3 is 5.32 Å². The van der Waals surface area contributed by atoms with Crippen LogP contribution in [0.15, 0.2) is 18.2 Å². The third kappa shape index (κ3) is 2.56. The summed E-state index contributed by atoms with van der Waals surface area (Å²) in [4.78, 5) is 12.6. The Bertz CT molecular complexity index is 574. The number of rotatable bonds is 3. The summed E-state index contributed by atoms with van der Waals surface area (Å²) in [6.45, 7) is 1.96. The van der Waals surface area contributed by atoms with Crippen molar-refractivity contribution < 1.29 is 4.79 Å². The van der Waals surface area contributed by atoms with Gasteiger partial charge in [-0.1, -0.05) is 17.7 Å². The maximum absolute atomic E-state index is 12.6. The molecule has 3 heteroatoms. The number of carbonyl (C=O) groups is 1. The van der Waals surface area contributed by atoms with Crippen molar-refractivity contribution in [2.24, 2.45) is 23.2 Å². The predicted molar refractivity (Wildman–Crippen MR) is 90.0 cm³/mol. The number of carbonyl (C=O) groups excluding carboxylic acids is 1. The van der Waals surface area contributed by atoms with Crippen LogP contribution >= 0.6 is 11.6 Å². The first-order valence-corrected chi connectivity index (χ1v) is 8.96. The Balaban J connectivity index is 1.47. The van der Waals surface area contributed by atoms with Crippen molar-refractivity contribution in [1.82, 2.24) is 0 Å². The minimum Gasteiger partial charge on any atom is -0.326 e. The van der Waals surface area contributed by atoms with E-state index in [0.29, 0.717) is 16.9 Å². The standard InChI is InChI=1S/C19H24ClNO/c1-12-16(20)3-2-4-17(12)21-18(22)11-19-8-13-5-14(9-19)7-15(6-13)10-19/h2-4,13-15H,5-11H2,1H3,(H,21,22). The smallest absolute Gasteiger partial charge is 0.224 e. The molecule has 0 atom stereocenters. The summed E-state index contributed by atoms with van der Waals surface area (Å²) in [6, 6.07) is 5.71. The van der Waals surface area contributed by atoms with Crippen LogP contribution in [-0.2, 0) is 4.79 Å². The van der Waals surface area contributed by atoms with Crippen LogP contribution < -0.4 is 5.32 Å². The van der Waals surface area contributed by atoms with E-state index in [1.165, 1.54) is 38.5 Å². The van der Waals surface area contributed by atoms with E-state index in [4.69, 9.17) is 11.6 Å². The van der Waals surface area contributed by atoms with Crippen molar-refractivity contribution >= 4 is 23.2 Å². The molecule has 5 rings (SSSR count). The molecule has 118 valence electrons. The lowest BCUT2D eigenvalue weighted by Gasteiger charge is -2.56. The maximum Gasteiger partial charge on any atom is 0.224 e. The van der Waals surface area contributed by atoms with Gasteiger partial charge in [-0.15, -0.1) is 0 Å². The molecule has 0 aliphatic heterocycles. The second-order valence-corrected chi connectivity index (χ2v) is 8.46. The van der Waals surface area contributed by atoms with E-state index < -0.39 is 0 Å². The van der Waals surface area contributed by atoms with Gasteiger partial charge >= 0.3 is 0 Å². The van der Waals surface area contributed by atoms with Crippen LogP contribution in [0.3, 0.4) is 0 Å². The predicted octanol–water partition coefficient (Wildman–Crippen LogP) is 5.19. The van der Waals surface area contributed by atoms with Gasteiger partial charge in [0, 0.05) is 17.1 Å². The summed E-state index contributed by atoms with van der Waals surface area (Å²) in [5.74, 6) is 2.86. The van der Waals surface area contributed by atoms with E-state index in [2.05, 4.69) is 5.32 Å². The van der Waals surface area contributed by atoms with Crippen molar-refractivity contribution in [1.29, 1.82) is 0 Å². The Morgan fingerprint density at radius 3 is 2.36 bits per heavy atom. The summed E-state index contributed by atoms with van der Waals surface area (Å²) in [6.07, 6.45) is 8.81. The molecule has 0 saturated heterocycles. The van der Waals surface area contributed by atoms with Gasteiger partial charge in [0.2, 0.25) is 5.91 Å². The van der Waals surface area contributed by atoms with Crippen molar-refractivity contribution in [2.75, 3.05) is 5.32 Å². The van der Waals surface area contributed by atoms with E-state index >= 15 is 0 Å². The number of anilines is 1. The average molecular weight is 318 g/mol. The van der Waals surface area contributed by atoms with E-state index in [1.54, 1.807) is 0 Å². The van der Waals surface area contributed by atoms with Crippen molar-refractivity contribution in [3.63, 3.8) is 0 Å². The molecular formula is C19H24ClNO. The van der Waals surface area contributed by atoms with Gasteiger partial charge in [0.15, 0.2) is 0 Å². The van der Waals surface area contributed by atoms with Gasteiger partial charge in [0.25, 0.3) is 0 Å². The number of hydrogen-bond acceptors (Lipinski definition) is 1. The average Bonchev–Trinajstić information content (AvgIpc) is 2.41. The molecule has 4 saturated carbocycles. The fraction of sp³-hybridized carbons (Fsp3) is 0.632. The summed E-state index contributed by atoms with van der Waals surface area (Å²) < 4.78 is 0. The van der Waals surface area contributed by atoms with Crippen LogP contribution in [0.2, 0.25) is 5.02 Å². The molecule has 4 aliphatic rings. The SMILES string of the molecule is Cc1c(Cl)cccc1NC(=O)CC12CC3CC(CC(C3)C1)C2.